The van der Waals surface area contributed by atoms with Gasteiger partial charge in [-0.05, 0) is 51.8 Å². The molecular formula is C16H28O4Si. The van der Waals surface area contributed by atoms with E-state index >= 15 is 0 Å². The van der Waals surface area contributed by atoms with E-state index in [-0.39, 0.29) is 0 Å². The molecule has 0 unspecified atom stereocenters. The summed E-state index contributed by atoms with van der Waals surface area (Å²) in [5.74, 6) is 0.870. The van der Waals surface area contributed by atoms with Crippen molar-refractivity contribution >= 4 is 8.80 Å². The molecule has 0 aliphatic carbocycles. The first kappa shape index (κ1) is 18.2. The molecule has 0 saturated heterocycles. The lowest BCUT2D eigenvalue weighted by Crippen LogP contribution is -2.49. The molecule has 1 aromatic rings. The normalized spacial score (nSPS) is 11.7. The molecule has 1 aromatic carbocycles. The summed E-state index contributed by atoms with van der Waals surface area (Å²) in [7, 11) is -1.02. The van der Waals surface area contributed by atoms with Crippen LogP contribution in [0.2, 0.25) is 0 Å². The summed E-state index contributed by atoms with van der Waals surface area (Å²) in [6.45, 7) is 11.9. The van der Waals surface area contributed by atoms with Gasteiger partial charge in [0.1, 0.15) is 5.75 Å². The van der Waals surface area contributed by atoms with Crippen LogP contribution in [0.4, 0.5) is 0 Å². The number of rotatable bonds is 9. The van der Waals surface area contributed by atoms with Crippen molar-refractivity contribution in [1.82, 2.24) is 0 Å². The Morgan fingerprint density at radius 3 is 1.86 bits per heavy atom. The zero-order valence-electron chi connectivity index (χ0n) is 14.1. The summed E-state index contributed by atoms with van der Waals surface area (Å²) < 4.78 is 23.4. The number of ether oxygens (including phenoxy) is 1. The lowest BCUT2D eigenvalue weighted by atomic mass is 10.0. The Morgan fingerprint density at radius 2 is 1.43 bits per heavy atom. The third-order valence-electron chi connectivity index (χ3n) is 3.53. The summed E-state index contributed by atoms with van der Waals surface area (Å²) in [6, 6.07) is 4.71. The molecule has 0 spiro atoms. The number of methoxy groups -OCH3 is 1. The molecule has 0 aliphatic heterocycles. The van der Waals surface area contributed by atoms with Gasteiger partial charge in [-0.15, -0.1) is 0 Å². The third kappa shape index (κ3) is 4.54. The number of hydrogen-bond donors (Lipinski definition) is 0. The second-order valence-electron chi connectivity index (χ2n) is 4.85. The minimum Gasteiger partial charge on any atom is -0.496 e. The Balaban J connectivity index is 3.21. The molecule has 0 fully saturated rings. The van der Waals surface area contributed by atoms with E-state index in [2.05, 4.69) is 19.9 Å². The molecule has 0 heterocycles. The molecule has 0 amide bonds. The monoisotopic (exact) mass is 312 g/mol. The van der Waals surface area contributed by atoms with E-state index in [0.29, 0.717) is 25.9 Å². The summed E-state index contributed by atoms with van der Waals surface area (Å²) in [5.41, 5.74) is 3.57. The van der Waals surface area contributed by atoms with Crippen LogP contribution in [-0.2, 0) is 19.3 Å². The summed E-state index contributed by atoms with van der Waals surface area (Å²) >= 11 is 0. The van der Waals surface area contributed by atoms with Crippen molar-refractivity contribution in [1.29, 1.82) is 0 Å². The first-order chi connectivity index (χ1) is 10.0. The van der Waals surface area contributed by atoms with Crippen LogP contribution >= 0.6 is 0 Å². The van der Waals surface area contributed by atoms with Gasteiger partial charge in [-0.3, -0.25) is 0 Å². The molecule has 0 saturated carbocycles. The topological polar surface area (TPSA) is 36.9 Å². The highest BCUT2D eigenvalue weighted by Gasteiger charge is 2.42. The first-order valence-electron chi connectivity index (χ1n) is 7.58. The Bertz CT molecular complexity index is 431. The van der Waals surface area contributed by atoms with E-state index in [4.69, 9.17) is 18.0 Å². The third-order valence-corrected chi connectivity index (χ3v) is 6.50. The molecule has 4 nitrogen and oxygen atoms in total. The predicted molar refractivity (Wildman–Crippen MR) is 86.8 cm³/mol. The Labute approximate surface area is 129 Å². The molecule has 0 bridgehead atoms. The highest BCUT2D eigenvalue weighted by atomic mass is 28.4. The van der Waals surface area contributed by atoms with Gasteiger partial charge in [0.15, 0.2) is 0 Å². The average Bonchev–Trinajstić information content (AvgIpc) is 2.45. The van der Waals surface area contributed by atoms with Crippen LogP contribution in [0, 0.1) is 13.8 Å². The van der Waals surface area contributed by atoms with Gasteiger partial charge in [0.05, 0.1) is 7.11 Å². The maximum Gasteiger partial charge on any atom is 0.505 e. The summed E-state index contributed by atoms with van der Waals surface area (Å²) in [4.78, 5) is 0. The summed E-state index contributed by atoms with van der Waals surface area (Å²) in [5, 5.41) is 0. The summed E-state index contributed by atoms with van der Waals surface area (Å²) in [6.07, 6.45) is 0. The molecular weight excluding hydrogens is 284 g/mol. The van der Waals surface area contributed by atoms with E-state index in [0.717, 1.165) is 11.3 Å². The number of aryl methyl sites for hydroxylation is 1. The fraction of sp³-hybridized carbons (Fsp3) is 0.625. The molecule has 1 rings (SSSR count). The van der Waals surface area contributed by atoms with Crippen molar-refractivity contribution in [2.75, 3.05) is 26.9 Å². The fourth-order valence-electron chi connectivity index (χ4n) is 2.41. The van der Waals surface area contributed by atoms with Gasteiger partial charge in [-0.2, -0.15) is 0 Å². The Morgan fingerprint density at radius 1 is 0.905 bits per heavy atom. The number of hydrogen-bond acceptors (Lipinski definition) is 4. The van der Waals surface area contributed by atoms with E-state index in [1.54, 1.807) is 7.11 Å². The van der Waals surface area contributed by atoms with Crippen LogP contribution in [0.15, 0.2) is 12.1 Å². The van der Waals surface area contributed by atoms with Crippen molar-refractivity contribution in [2.24, 2.45) is 0 Å². The highest BCUT2D eigenvalue weighted by Crippen LogP contribution is 2.29. The van der Waals surface area contributed by atoms with Crippen molar-refractivity contribution in [3.63, 3.8) is 0 Å². The molecule has 0 aromatic heterocycles. The minimum atomic E-state index is -2.72. The SMILES string of the molecule is CCO[Si](Cc1c(OC)ccc(C)c1C)(OCC)OCC. The van der Waals surface area contributed by atoms with Crippen molar-refractivity contribution in [3.8, 4) is 5.75 Å². The van der Waals surface area contributed by atoms with Crippen molar-refractivity contribution < 1.29 is 18.0 Å². The molecule has 0 aliphatic rings. The molecule has 5 heteroatoms. The Hall–Kier alpha value is -0.883. The minimum absolute atomic E-state index is 0.583. The molecule has 0 N–H and O–H groups in total. The quantitative estimate of drug-likeness (QED) is 0.655. The van der Waals surface area contributed by atoms with Crippen LogP contribution in [0.3, 0.4) is 0 Å². The smallest absolute Gasteiger partial charge is 0.496 e. The molecule has 0 atom stereocenters. The van der Waals surface area contributed by atoms with E-state index in [1.165, 1.54) is 11.1 Å². The van der Waals surface area contributed by atoms with Crippen LogP contribution in [0.5, 0.6) is 5.75 Å². The second-order valence-corrected chi connectivity index (χ2v) is 7.43. The fourth-order valence-corrected chi connectivity index (χ4v) is 5.16. The van der Waals surface area contributed by atoms with E-state index in [9.17, 15) is 0 Å². The molecule has 21 heavy (non-hydrogen) atoms. The van der Waals surface area contributed by atoms with Gasteiger partial charge in [0.2, 0.25) is 0 Å². The molecule has 0 radical (unpaired) electrons. The van der Waals surface area contributed by atoms with Crippen LogP contribution in [0.1, 0.15) is 37.5 Å². The predicted octanol–water partition coefficient (Wildman–Crippen LogP) is 3.44. The lowest BCUT2D eigenvalue weighted by Gasteiger charge is -2.29. The highest BCUT2D eigenvalue weighted by molar-refractivity contribution is 6.60. The van der Waals surface area contributed by atoms with Gasteiger partial charge < -0.3 is 18.0 Å². The zero-order chi connectivity index (χ0) is 15.9. The van der Waals surface area contributed by atoms with Gasteiger partial charge in [0.25, 0.3) is 0 Å². The lowest BCUT2D eigenvalue weighted by molar-refractivity contribution is 0.0701. The van der Waals surface area contributed by atoms with Crippen molar-refractivity contribution in [2.45, 2.75) is 40.7 Å². The standard InChI is InChI=1S/C16H28O4Si/c1-7-18-21(19-8-2,20-9-3)12-15-14(5)13(4)10-11-16(15)17-6/h10-11H,7-9,12H2,1-6H3. The van der Waals surface area contributed by atoms with Crippen LogP contribution < -0.4 is 4.74 Å². The largest absolute Gasteiger partial charge is 0.505 e. The second kappa shape index (κ2) is 8.53. The van der Waals surface area contributed by atoms with Gasteiger partial charge in [-0.25, -0.2) is 0 Å². The van der Waals surface area contributed by atoms with Crippen LogP contribution in [-0.4, -0.2) is 35.7 Å². The van der Waals surface area contributed by atoms with E-state index < -0.39 is 8.80 Å². The first-order valence-corrected chi connectivity index (χ1v) is 9.51. The van der Waals surface area contributed by atoms with Crippen molar-refractivity contribution in [3.05, 3.63) is 28.8 Å². The maximum absolute atomic E-state index is 5.95. The molecule has 120 valence electrons. The van der Waals surface area contributed by atoms with Crippen LogP contribution in [0.25, 0.3) is 0 Å². The van der Waals surface area contributed by atoms with E-state index in [1.807, 2.05) is 26.8 Å². The van der Waals surface area contributed by atoms with Gasteiger partial charge >= 0.3 is 8.80 Å². The maximum atomic E-state index is 5.95. The zero-order valence-corrected chi connectivity index (χ0v) is 15.1. The Kier molecular flexibility index (Phi) is 7.38. The van der Waals surface area contributed by atoms with Gasteiger partial charge in [0, 0.05) is 31.4 Å². The average molecular weight is 312 g/mol. The van der Waals surface area contributed by atoms with Gasteiger partial charge in [-0.1, -0.05) is 6.07 Å². The number of benzene rings is 1.